The van der Waals surface area contributed by atoms with E-state index in [-0.39, 0.29) is 12.1 Å². The van der Waals surface area contributed by atoms with Crippen molar-refractivity contribution >= 4 is 34.0 Å². The number of amides is 2. The molecule has 2 aromatic heterocycles. The number of hydrogen-bond donors (Lipinski definition) is 1. The Bertz CT molecular complexity index is 947. The molecule has 1 unspecified atom stereocenters. The molecule has 2 amide bonds. The molecule has 0 radical (unpaired) electrons. The van der Waals surface area contributed by atoms with Crippen LogP contribution in [0.4, 0.5) is 10.5 Å². The molecule has 0 fully saturated rings. The van der Waals surface area contributed by atoms with Gasteiger partial charge in [0.2, 0.25) is 0 Å². The van der Waals surface area contributed by atoms with Gasteiger partial charge in [0.05, 0.1) is 28.9 Å². The molecule has 1 aromatic carbocycles. The van der Waals surface area contributed by atoms with Gasteiger partial charge in [0, 0.05) is 37.5 Å². The first-order chi connectivity index (χ1) is 12.9. The minimum absolute atomic E-state index is 0.0366. The predicted molar refractivity (Wildman–Crippen MR) is 111 cm³/mol. The molecule has 0 saturated heterocycles. The molecule has 1 atom stereocenters. The van der Waals surface area contributed by atoms with Gasteiger partial charge in [-0.15, -0.1) is 11.3 Å². The second-order valence-corrected chi connectivity index (χ2v) is 7.91. The highest BCUT2D eigenvalue weighted by atomic mass is 32.1. The van der Waals surface area contributed by atoms with E-state index in [4.69, 9.17) is 4.74 Å². The minimum atomic E-state index is -0.137. The van der Waals surface area contributed by atoms with Crippen molar-refractivity contribution in [2.24, 2.45) is 0 Å². The number of ether oxygens (including phenoxy) is 1. The van der Waals surface area contributed by atoms with Crippen molar-refractivity contribution in [1.29, 1.82) is 0 Å². The van der Waals surface area contributed by atoms with Crippen LogP contribution in [0.3, 0.4) is 0 Å². The smallest absolute Gasteiger partial charge is 0.322 e. The number of benzene rings is 1. The van der Waals surface area contributed by atoms with Gasteiger partial charge >= 0.3 is 6.03 Å². The largest absolute Gasteiger partial charge is 0.383 e. The number of thiazole rings is 1. The van der Waals surface area contributed by atoms with Gasteiger partial charge in [0.25, 0.3) is 0 Å². The fraction of sp³-hybridized carbons (Fsp3) is 0.400. The molecular weight excluding hydrogens is 360 g/mol. The van der Waals surface area contributed by atoms with Crippen LogP contribution < -0.4 is 5.32 Å². The third-order valence-electron chi connectivity index (χ3n) is 4.78. The van der Waals surface area contributed by atoms with Crippen LogP contribution >= 0.6 is 11.3 Å². The zero-order chi connectivity index (χ0) is 19.6. The minimum Gasteiger partial charge on any atom is -0.383 e. The van der Waals surface area contributed by atoms with Crippen molar-refractivity contribution in [2.45, 2.75) is 33.4 Å². The molecule has 3 rings (SSSR count). The van der Waals surface area contributed by atoms with Crippen molar-refractivity contribution in [3.63, 3.8) is 0 Å². The SMILES string of the molecule is COCCn1ccc2ccc(NC(=O)N(C)C(C)c3sc(C)nc3C)cc21. The molecule has 144 valence electrons. The fourth-order valence-corrected chi connectivity index (χ4v) is 4.17. The van der Waals surface area contributed by atoms with Crippen LogP contribution in [-0.4, -0.2) is 41.2 Å². The molecule has 0 spiro atoms. The molecule has 3 aromatic rings. The van der Waals surface area contributed by atoms with Crippen LogP contribution in [0.25, 0.3) is 10.9 Å². The van der Waals surface area contributed by atoms with Crippen LogP contribution in [-0.2, 0) is 11.3 Å². The summed E-state index contributed by atoms with van der Waals surface area (Å²) in [5.41, 5.74) is 2.85. The maximum Gasteiger partial charge on any atom is 0.322 e. The molecule has 7 heteroatoms. The molecule has 6 nitrogen and oxygen atoms in total. The number of methoxy groups -OCH3 is 1. The highest BCUT2D eigenvalue weighted by Gasteiger charge is 2.21. The molecule has 0 aliphatic carbocycles. The Morgan fingerprint density at radius 2 is 2.15 bits per heavy atom. The number of rotatable bonds is 6. The summed E-state index contributed by atoms with van der Waals surface area (Å²) in [7, 11) is 3.51. The first kappa shape index (κ1) is 19.4. The van der Waals surface area contributed by atoms with E-state index >= 15 is 0 Å². The summed E-state index contributed by atoms with van der Waals surface area (Å²) in [4.78, 5) is 20.1. The van der Waals surface area contributed by atoms with Crippen molar-refractivity contribution in [3.8, 4) is 0 Å². The van der Waals surface area contributed by atoms with Crippen molar-refractivity contribution in [3.05, 3.63) is 46.0 Å². The van der Waals surface area contributed by atoms with Crippen molar-refractivity contribution < 1.29 is 9.53 Å². The van der Waals surface area contributed by atoms with Gasteiger partial charge in [-0.1, -0.05) is 6.07 Å². The van der Waals surface area contributed by atoms with Crippen LogP contribution in [0.15, 0.2) is 30.5 Å². The van der Waals surface area contributed by atoms with E-state index in [9.17, 15) is 4.79 Å². The van der Waals surface area contributed by atoms with E-state index in [2.05, 4.69) is 20.9 Å². The maximum absolute atomic E-state index is 12.7. The first-order valence-corrected chi connectivity index (χ1v) is 9.78. The van der Waals surface area contributed by atoms with Gasteiger partial charge in [0.1, 0.15) is 0 Å². The Labute approximate surface area is 163 Å². The lowest BCUT2D eigenvalue weighted by molar-refractivity contribution is 0.188. The average molecular weight is 387 g/mol. The highest BCUT2D eigenvalue weighted by molar-refractivity contribution is 7.11. The van der Waals surface area contributed by atoms with Gasteiger partial charge in [-0.05, 0) is 44.4 Å². The molecule has 2 heterocycles. The van der Waals surface area contributed by atoms with E-state index in [1.54, 1.807) is 23.3 Å². The van der Waals surface area contributed by atoms with E-state index in [1.165, 1.54) is 0 Å². The third kappa shape index (κ3) is 4.14. The van der Waals surface area contributed by atoms with Gasteiger partial charge in [0.15, 0.2) is 0 Å². The monoisotopic (exact) mass is 386 g/mol. The summed E-state index contributed by atoms with van der Waals surface area (Å²) in [5, 5.41) is 5.17. The number of urea groups is 1. The highest BCUT2D eigenvalue weighted by Crippen LogP contribution is 2.29. The molecule has 1 N–H and O–H groups in total. The Hall–Kier alpha value is -2.38. The number of nitrogens with one attached hydrogen (secondary N) is 1. The van der Waals surface area contributed by atoms with Gasteiger partial charge in [-0.2, -0.15) is 0 Å². The summed E-state index contributed by atoms with van der Waals surface area (Å²) in [6.07, 6.45) is 2.04. The third-order valence-corrected chi connectivity index (χ3v) is 6.02. The van der Waals surface area contributed by atoms with Crippen LogP contribution in [0, 0.1) is 13.8 Å². The summed E-state index contributed by atoms with van der Waals surface area (Å²) in [6, 6.07) is 7.85. The molecule has 0 bridgehead atoms. The van der Waals surface area contributed by atoms with Crippen LogP contribution in [0.1, 0.15) is 28.5 Å². The molecular formula is C20H26N4O2S. The van der Waals surface area contributed by atoms with Gasteiger partial charge in [-0.25, -0.2) is 9.78 Å². The number of anilines is 1. The van der Waals surface area contributed by atoms with E-state index in [1.807, 2.05) is 52.2 Å². The summed E-state index contributed by atoms with van der Waals surface area (Å²) < 4.78 is 7.30. The zero-order valence-electron chi connectivity index (χ0n) is 16.4. The van der Waals surface area contributed by atoms with Crippen molar-refractivity contribution in [1.82, 2.24) is 14.5 Å². The summed E-state index contributed by atoms with van der Waals surface area (Å²) in [6.45, 7) is 7.43. The Morgan fingerprint density at radius 3 is 2.81 bits per heavy atom. The van der Waals surface area contributed by atoms with Gasteiger partial charge in [-0.3, -0.25) is 0 Å². The van der Waals surface area contributed by atoms with E-state index in [0.29, 0.717) is 6.61 Å². The number of aromatic nitrogens is 2. The Kier molecular flexibility index (Phi) is 5.82. The molecule has 27 heavy (non-hydrogen) atoms. The zero-order valence-corrected chi connectivity index (χ0v) is 17.3. The lowest BCUT2D eigenvalue weighted by Crippen LogP contribution is -2.33. The quantitative estimate of drug-likeness (QED) is 0.674. The molecule has 0 aliphatic heterocycles. The molecule has 0 saturated carbocycles. The average Bonchev–Trinajstić information content (AvgIpc) is 3.20. The fourth-order valence-electron chi connectivity index (χ4n) is 3.14. The van der Waals surface area contributed by atoms with Crippen molar-refractivity contribution in [2.75, 3.05) is 26.1 Å². The van der Waals surface area contributed by atoms with E-state index < -0.39 is 0 Å². The second kappa shape index (κ2) is 8.10. The number of carbonyl (C=O) groups is 1. The lowest BCUT2D eigenvalue weighted by Gasteiger charge is -2.24. The first-order valence-electron chi connectivity index (χ1n) is 8.96. The summed E-state index contributed by atoms with van der Waals surface area (Å²) in [5.74, 6) is 0. The predicted octanol–water partition coefficient (Wildman–Crippen LogP) is 4.59. The maximum atomic E-state index is 12.7. The van der Waals surface area contributed by atoms with E-state index in [0.717, 1.165) is 38.7 Å². The van der Waals surface area contributed by atoms with Gasteiger partial charge < -0.3 is 19.5 Å². The Balaban J connectivity index is 1.75. The molecule has 0 aliphatic rings. The number of nitrogens with zero attached hydrogens (tertiary/aromatic N) is 3. The standard InChI is InChI=1S/C20H26N4O2S/c1-13-19(27-15(3)21-13)14(2)23(4)20(25)22-17-7-6-16-8-9-24(10-11-26-5)18(16)12-17/h6-9,12,14H,10-11H2,1-5H3,(H,22,25). The number of fused-ring (bicyclic) bond motifs is 1. The Morgan fingerprint density at radius 1 is 1.37 bits per heavy atom. The normalized spacial score (nSPS) is 12.3. The number of aryl methyl sites for hydroxylation is 2. The van der Waals surface area contributed by atoms with Crippen LogP contribution in [0.5, 0.6) is 0 Å². The summed E-state index contributed by atoms with van der Waals surface area (Å²) >= 11 is 1.64. The number of hydrogen-bond acceptors (Lipinski definition) is 4. The topological polar surface area (TPSA) is 59.4 Å². The number of carbonyl (C=O) groups excluding carboxylic acids is 1. The lowest BCUT2D eigenvalue weighted by atomic mass is 10.2. The van der Waals surface area contributed by atoms with Crippen LogP contribution in [0.2, 0.25) is 0 Å². The second-order valence-electron chi connectivity index (χ2n) is 6.68.